The average Bonchev–Trinajstić information content (AvgIpc) is 2.94. The lowest BCUT2D eigenvalue weighted by Gasteiger charge is -2.33. The Morgan fingerprint density at radius 3 is 2.70 bits per heavy atom. The zero-order valence-electron chi connectivity index (χ0n) is 11.8. The molecule has 2 aliphatic rings. The Labute approximate surface area is 118 Å². The maximum absolute atomic E-state index is 12.0. The third kappa shape index (κ3) is 3.21. The highest BCUT2D eigenvalue weighted by molar-refractivity contribution is 5.78. The van der Waals surface area contributed by atoms with Crippen molar-refractivity contribution in [2.45, 2.75) is 25.4 Å². The summed E-state index contributed by atoms with van der Waals surface area (Å²) in [7, 11) is 1.63. The Bertz CT molecular complexity index is 368. The Morgan fingerprint density at radius 1 is 1.45 bits per heavy atom. The number of carboxylic acids is 1. The Morgan fingerprint density at radius 2 is 2.15 bits per heavy atom. The molecule has 2 heterocycles. The first-order chi connectivity index (χ1) is 9.57. The average molecular weight is 286 g/mol. The van der Waals surface area contributed by atoms with E-state index in [0.29, 0.717) is 39.1 Å². The van der Waals surface area contributed by atoms with Gasteiger partial charge in [0.2, 0.25) is 0 Å². The summed E-state index contributed by atoms with van der Waals surface area (Å²) in [4.78, 5) is 25.2. The number of nitrogens with zero attached hydrogens (tertiary/aromatic N) is 1. The predicted molar refractivity (Wildman–Crippen MR) is 70.5 cm³/mol. The molecule has 0 bridgehead atoms. The molecule has 0 spiro atoms. The summed E-state index contributed by atoms with van der Waals surface area (Å²) in [5.41, 5.74) is -0.895. The van der Waals surface area contributed by atoms with Gasteiger partial charge in [0.05, 0.1) is 11.5 Å². The van der Waals surface area contributed by atoms with Gasteiger partial charge in [-0.25, -0.2) is 4.79 Å². The number of likely N-dealkylation sites (tertiary alicyclic amines) is 1. The minimum Gasteiger partial charge on any atom is -0.481 e. The summed E-state index contributed by atoms with van der Waals surface area (Å²) in [6.45, 7) is 2.22. The van der Waals surface area contributed by atoms with E-state index in [9.17, 15) is 14.7 Å². The minimum atomic E-state index is -0.895. The zero-order chi connectivity index (χ0) is 14.6. The van der Waals surface area contributed by atoms with E-state index in [1.165, 1.54) is 0 Å². The van der Waals surface area contributed by atoms with Gasteiger partial charge in [-0.05, 0) is 19.3 Å². The van der Waals surface area contributed by atoms with E-state index in [-0.39, 0.29) is 18.7 Å². The van der Waals surface area contributed by atoms with Crippen molar-refractivity contribution in [1.29, 1.82) is 0 Å². The second kappa shape index (κ2) is 6.41. The number of carbonyl (C=O) groups is 2. The van der Waals surface area contributed by atoms with Gasteiger partial charge in [-0.2, -0.15) is 0 Å². The number of hydrogen-bond acceptors (Lipinski definition) is 4. The fourth-order valence-corrected chi connectivity index (χ4v) is 2.69. The Balaban J connectivity index is 1.86. The molecule has 2 amide bonds. The lowest BCUT2D eigenvalue weighted by Crippen LogP contribution is -2.49. The highest BCUT2D eigenvalue weighted by atomic mass is 16.5. The molecular weight excluding hydrogens is 264 g/mol. The monoisotopic (exact) mass is 286 g/mol. The minimum absolute atomic E-state index is 0.0808. The third-order valence-corrected chi connectivity index (χ3v) is 4.25. The summed E-state index contributed by atoms with van der Waals surface area (Å²) < 4.78 is 10.4. The van der Waals surface area contributed by atoms with E-state index in [1.807, 2.05) is 0 Å². The van der Waals surface area contributed by atoms with Gasteiger partial charge < -0.3 is 24.8 Å². The molecule has 0 aromatic heterocycles. The van der Waals surface area contributed by atoms with E-state index in [2.05, 4.69) is 5.32 Å². The molecule has 2 N–H and O–H groups in total. The standard InChI is InChI=1S/C13H22N2O5/c1-19-10-2-5-15(8-10)12(18)14-9-13(11(16)17)3-6-20-7-4-13/h10H,2-9H2,1H3,(H,14,18)(H,16,17). The van der Waals surface area contributed by atoms with Crippen molar-refractivity contribution in [3.63, 3.8) is 0 Å². The topological polar surface area (TPSA) is 88.1 Å². The molecule has 7 heteroatoms. The predicted octanol–water partition coefficient (Wildman–Crippen LogP) is 0.298. The van der Waals surface area contributed by atoms with Gasteiger partial charge in [0.15, 0.2) is 0 Å². The van der Waals surface area contributed by atoms with Gasteiger partial charge >= 0.3 is 12.0 Å². The largest absolute Gasteiger partial charge is 0.481 e. The number of nitrogens with one attached hydrogen (secondary N) is 1. The van der Waals surface area contributed by atoms with Gasteiger partial charge in [-0.3, -0.25) is 4.79 Å². The molecule has 0 aromatic carbocycles. The van der Waals surface area contributed by atoms with Gasteiger partial charge in [-0.1, -0.05) is 0 Å². The number of carboxylic acid groups (broad SMARTS) is 1. The summed E-state index contributed by atoms with van der Waals surface area (Å²) in [5.74, 6) is -0.864. The summed E-state index contributed by atoms with van der Waals surface area (Å²) in [5, 5.41) is 12.2. The SMILES string of the molecule is COC1CCN(C(=O)NCC2(C(=O)O)CCOCC2)C1. The third-order valence-electron chi connectivity index (χ3n) is 4.25. The van der Waals surface area contributed by atoms with Crippen LogP contribution in [0.3, 0.4) is 0 Å². The highest BCUT2D eigenvalue weighted by Gasteiger charge is 2.41. The molecular formula is C13H22N2O5. The van der Waals surface area contributed by atoms with Crippen LogP contribution in [0.1, 0.15) is 19.3 Å². The van der Waals surface area contributed by atoms with Crippen LogP contribution in [0.15, 0.2) is 0 Å². The number of rotatable bonds is 4. The van der Waals surface area contributed by atoms with Crippen LogP contribution in [0.4, 0.5) is 4.79 Å². The fourth-order valence-electron chi connectivity index (χ4n) is 2.69. The van der Waals surface area contributed by atoms with Crippen molar-refractivity contribution < 1.29 is 24.2 Å². The van der Waals surface area contributed by atoms with Gasteiger partial charge in [0.1, 0.15) is 0 Å². The van der Waals surface area contributed by atoms with Gasteiger partial charge in [0.25, 0.3) is 0 Å². The molecule has 114 valence electrons. The van der Waals surface area contributed by atoms with Crippen LogP contribution in [-0.2, 0) is 14.3 Å². The lowest BCUT2D eigenvalue weighted by atomic mass is 9.80. The number of amides is 2. The molecule has 7 nitrogen and oxygen atoms in total. The van der Waals surface area contributed by atoms with E-state index >= 15 is 0 Å². The quantitative estimate of drug-likeness (QED) is 0.776. The second-order valence-corrected chi connectivity index (χ2v) is 5.45. The summed E-state index contributed by atoms with van der Waals surface area (Å²) >= 11 is 0. The van der Waals surface area contributed by atoms with Crippen LogP contribution < -0.4 is 5.32 Å². The van der Waals surface area contributed by atoms with Crippen LogP contribution >= 0.6 is 0 Å². The van der Waals surface area contributed by atoms with Crippen LogP contribution in [-0.4, -0.2) is 68.1 Å². The first-order valence-corrected chi connectivity index (χ1v) is 6.94. The van der Waals surface area contributed by atoms with Crippen molar-refractivity contribution in [1.82, 2.24) is 10.2 Å². The second-order valence-electron chi connectivity index (χ2n) is 5.45. The number of ether oxygens (including phenoxy) is 2. The molecule has 0 aliphatic carbocycles. The van der Waals surface area contributed by atoms with Crippen molar-refractivity contribution in [3.8, 4) is 0 Å². The molecule has 2 fully saturated rings. The van der Waals surface area contributed by atoms with Crippen LogP contribution in [0, 0.1) is 5.41 Å². The molecule has 0 saturated carbocycles. The van der Waals surface area contributed by atoms with Crippen molar-refractivity contribution in [2.75, 3.05) is 40.0 Å². The highest BCUT2D eigenvalue weighted by Crippen LogP contribution is 2.30. The van der Waals surface area contributed by atoms with Crippen molar-refractivity contribution >= 4 is 12.0 Å². The maximum atomic E-state index is 12.0. The first kappa shape index (κ1) is 15.1. The van der Waals surface area contributed by atoms with E-state index in [4.69, 9.17) is 9.47 Å². The number of methoxy groups -OCH3 is 1. The molecule has 2 saturated heterocycles. The Hall–Kier alpha value is -1.34. The maximum Gasteiger partial charge on any atom is 0.317 e. The first-order valence-electron chi connectivity index (χ1n) is 6.94. The summed E-state index contributed by atoms with van der Waals surface area (Å²) in [6, 6.07) is -0.211. The van der Waals surface area contributed by atoms with Crippen LogP contribution in [0.5, 0.6) is 0 Å². The van der Waals surface area contributed by atoms with Crippen molar-refractivity contribution in [2.24, 2.45) is 5.41 Å². The lowest BCUT2D eigenvalue weighted by molar-refractivity contribution is -0.154. The smallest absolute Gasteiger partial charge is 0.317 e. The fraction of sp³-hybridized carbons (Fsp3) is 0.846. The van der Waals surface area contributed by atoms with Gasteiger partial charge in [0, 0.05) is 40.0 Å². The normalized spacial score (nSPS) is 25.4. The summed E-state index contributed by atoms with van der Waals surface area (Å²) in [6.07, 6.45) is 1.77. The number of carbonyl (C=O) groups excluding carboxylic acids is 1. The molecule has 20 heavy (non-hydrogen) atoms. The Kier molecular flexibility index (Phi) is 4.82. The van der Waals surface area contributed by atoms with E-state index in [0.717, 1.165) is 6.42 Å². The van der Waals surface area contributed by atoms with E-state index in [1.54, 1.807) is 12.0 Å². The van der Waals surface area contributed by atoms with Crippen LogP contribution in [0.25, 0.3) is 0 Å². The number of aliphatic carboxylic acids is 1. The molecule has 1 atom stereocenters. The molecule has 0 radical (unpaired) electrons. The molecule has 1 unspecified atom stereocenters. The van der Waals surface area contributed by atoms with Crippen LogP contribution in [0.2, 0.25) is 0 Å². The molecule has 2 rings (SSSR count). The van der Waals surface area contributed by atoms with E-state index < -0.39 is 11.4 Å². The molecule has 2 aliphatic heterocycles. The number of urea groups is 1. The zero-order valence-corrected chi connectivity index (χ0v) is 11.8. The van der Waals surface area contributed by atoms with Gasteiger partial charge in [-0.15, -0.1) is 0 Å². The van der Waals surface area contributed by atoms with Crippen molar-refractivity contribution in [3.05, 3.63) is 0 Å². The molecule has 0 aromatic rings. The number of hydrogen-bond donors (Lipinski definition) is 2.